The van der Waals surface area contributed by atoms with Gasteiger partial charge in [-0.05, 0) is 42.2 Å². The van der Waals surface area contributed by atoms with E-state index in [0.717, 1.165) is 19.3 Å². The van der Waals surface area contributed by atoms with Crippen molar-refractivity contribution in [3.05, 3.63) is 29.6 Å². The van der Waals surface area contributed by atoms with Crippen molar-refractivity contribution in [2.24, 2.45) is 17.1 Å². The van der Waals surface area contributed by atoms with Crippen molar-refractivity contribution in [1.82, 2.24) is 0 Å². The van der Waals surface area contributed by atoms with E-state index >= 15 is 0 Å². The van der Waals surface area contributed by atoms with Gasteiger partial charge in [-0.25, -0.2) is 4.39 Å². The summed E-state index contributed by atoms with van der Waals surface area (Å²) in [5.41, 5.74) is 7.26. The summed E-state index contributed by atoms with van der Waals surface area (Å²) < 4.78 is 19.5. The molecule has 1 aromatic carbocycles. The summed E-state index contributed by atoms with van der Waals surface area (Å²) in [4.78, 5) is 0. The average Bonchev–Trinajstić information content (AvgIpc) is 2.40. The van der Waals surface area contributed by atoms with Crippen LogP contribution in [0.2, 0.25) is 0 Å². The molecule has 0 aromatic heterocycles. The smallest absolute Gasteiger partial charge is 0.168 e. The van der Waals surface area contributed by atoms with Gasteiger partial charge < -0.3 is 10.5 Å². The zero-order chi connectivity index (χ0) is 15.7. The quantitative estimate of drug-likeness (QED) is 0.901. The minimum absolute atomic E-state index is 0.143. The summed E-state index contributed by atoms with van der Waals surface area (Å²) in [6.45, 7) is 6.73. The second-order valence-electron chi connectivity index (χ2n) is 7.51. The number of hydrogen-bond donors (Lipinski definition) is 1. The van der Waals surface area contributed by atoms with Crippen LogP contribution in [0.1, 0.15) is 52.0 Å². The highest BCUT2D eigenvalue weighted by atomic mass is 19.1. The summed E-state index contributed by atoms with van der Waals surface area (Å²) in [7, 11) is 1.50. The van der Waals surface area contributed by atoms with Crippen molar-refractivity contribution in [3.8, 4) is 5.75 Å². The zero-order valence-corrected chi connectivity index (χ0v) is 13.7. The molecule has 1 aliphatic rings. The van der Waals surface area contributed by atoms with Gasteiger partial charge in [0.1, 0.15) is 0 Å². The molecule has 2 N–H and O–H groups in total. The number of hydrogen-bond acceptors (Lipinski definition) is 2. The molecule has 1 aliphatic carbocycles. The molecule has 0 amide bonds. The van der Waals surface area contributed by atoms with Crippen LogP contribution in [0.4, 0.5) is 4.39 Å². The van der Waals surface area contributed by atoms with E-state index in [1.807, 2.05) is 12.1 Å². The van der Waals surface area contributed by atoms with E-state index < -0.39 is 0 Å². The highest BCUT2D eigenvalue weighted by Crippen LogP contribution is 2.45. The maximum atomic E-state index is 14.4. The Morgan fingerprint density at radius 2 is 2.05 bits per heavy atom. The van der Waals surface area contributed by atoms with Gasteiger partial charge in [0.2, 0.25) is 0 Å². The Hall–Kier alpha value is -1.09. The molecule has 0 bridgehead atoms. The molecule has 1 fully saturated rings. The number of ether oxygens (including phenoxy) is 1. The Kier molecular flexibility index (Phi) is 4.62. The summed E-state index contributed by atoms with van der Waals surface area (Å²) in [6.07, 6.45) is 5.03. The molecule has 0 saturated heterocycles. The Morgan fingerprint density at radius 1 is 1.33 bits per heavy atom. The number of halogens is 1. The largest absolute Gasteiger partial charge is 0.494 e. The second-order valence-corrected chi connectivity index (χ2v) is 7.51. The van der Waals surface area contributed by atoms with Crippen LogP contribution in [0, 0.1) is 17.2 Å². The molecule has 2 atom stereocenters. The maximum absolute atomic E-state index is 14.4. The van der Waals surface area contributed by atoms with Crippen molar-refractivity contribution in [1.29, 1.82) is 0 Å². The topological polar surface area (TPSA) is 35.2 Å². The number of nitrogens with two attached hydrogens (primary N) is 1. The van der Waals surface area contributed by atoms with E-state index in [1.165, 1.54) is 13.5 Å². The van der Waals surface area contributed by atoms with Gasteiger partial charge in [-0.2, -0.15) is 0 Å². The maximum Gasteiger partial charge on any atom is 0.168 e. The standard InChI is InChI=1S/C18H28FNO/c1-17(2,3)15-10-5-6-11-18(15,20)12-13-8-7-9-14(21-4)16(13)19/h7-9,15H,5-6,10-12,20H2,1-4H3. The van der Waals surface area contributed by atoms with E-state index in [-0.39, 0.29) is 16.8 Å². The first-order chi connectivity index (χ1) is 9.78. The normalized spacial score (nSPS) is 26.7. The predicted octanol–water partition coefficient (Wildman–Crippen LogP) is 4.31. The van der Waals surface area contributed by atoms with Crippen molar-refractivity contribution in [2.75, 3.05) is 7.11 Å². The molecular formula is C18H28FNO. The number of methoxy groups -OCH3 is 1. The third kappa shape index (κ3) is 3.39. The first-order valence-corrected chi connectivity index (χ1v) is 7.88. The van der Waals surface area contributed by atoms with Gasteiger partial charge >= 0.3 is 0 Å². The van der Waals surface area contributed by atoms with Gasteiger partial charge in [-0.15, -0.1) is 0 Å². The lowest BCUT2D eigenvalue weighted by Gasteiger charge is -2.48. The van der Waals surface area contributed by atoms with Crippen molar-refractivity contribution in [3.63, 3.8) is 0 Å². The second kappa shape index (κ2) is 5.96. The first kappa shape index (κ1) is 16.3. The molecule has 2 unspecified atom stereocenters. The van der Waals surface area contributed by atoms with Crippen LogP contribution in [0.25, 0.3) is 0 Å². The van der Waals surface area contributed by atoms with E-state index in [1.54, 1.807) is 6.07 Å². The highest BCUT2D eigenvalue weighted by molar-refractivity contribution is 5.32. The Balaban J connectivity index is 2.31. The minimum Gasteiger partial charge on any atom is -0.494 e. The van der Waals surface area contributed by atoms with Gasteiger partial charge in [-0.3, -0.25) is 0 Å². The Labute approximate surface area is 127 Å². The van der Waals surface area contributed by atoms with E-state index in [0.29, 0.717) is 23.7 Å². The molecule has 0 spiro atoms. The van der Waals surface area contributed by atoms with Crippen molar-refractivity contribution >= 4 is 0 Å². The van der Waals surface area contributed by atoms with Crippen molar-refractivity contribution in [2.45, 2.75) is 58.4 Å². The monoisotopic (exact) mass is 293 g/mol. The number of rotatable bonds is 3. The lowest BCUT2D eigenvalue weighted by atomic mass is 9.61. The molecule has 3 heteroatoms. The molecule has 2 rings (SSSR count). The molecule has 0 heterocycles. The third-order valence-corrected chi connectivity index (χ3v) is 4.91. The molecule has 2 nitrogen and oxygen atoms in total. The van der Waals surface area contributed by atoms with E-state index in [4.69, 9.17) is 10.5 Å². The van der Waals surface area contributed by atoms with Gasteiger partial charge in [0.15, 0.2) is 11.6 Å². The van der Waals surface area contributed by atoms with Crippen LogP contribution in [0.15, 0.2) is 18.2 Å². The summed E-state index contributed by atoms with van der Waals surface area (Å²) in [5, 5.41) is 0. The molecule has 21 heavy (non-hydrogen) atoms. The minimum atomic E-state index is -0.330. The van der Waals surface area contributed by atoms with Crippen LogP contribution in [0.3, 0.4) is 0 Å². The molecule has 118 valence electrons. The SMILES string of the molecule is COc1cccc(CC2(N)CCCCC2C(C)(C)C)c1F. The lowest BCUT2D eigenvalue weighted by molar-refractivity contribution is 0.0786. The van der Waals surface area contributed by atoms with Gasteiger partial charge in [0.25, 0.3) is 0 Å². The summed E-state index contributed by atoms with van der Waals surface area (Å²) in [5.74, 6) is 0.451. The fourth-order valence-electron chi connectivity index (χ4n) is 3.98. The third-order valence-electron chi connectivity index (χ3n) is 4.91. The molecule has 1 saturated carbocycles. The predicted molar refractivity (Wildman–Crippen MR) is 85.0 cm³/mol. The molecule has 1 aromatic rings. The Morgan fingerprint density at radius 3 is 2.67 bits per heavy atom. The fourth-order valence-corrected chi connectivity index (χ4v) is 3.98. The van der Waals surface area contributed by atoms with Crippen LogP contribution < -0.4 is 10.5 Å². The molecular weight excluding hydrogens is 265 g/mol. The van der Waals surface area contributed by atoms with Crippen LogP contribution >= 0.6 is 0 Å². The Bertz CT molecular complexity index is 494. The first-order valence-electron chi connectivity index (χ1n) is 7.88. The van der Waals surface area contributed by atoms with Crippen LogP contribution in [0.5, 0.6) is 5.75 Å². The fraction of sp³-hybridized carbons (Fsp3) is 0.667. The van der Waals surface area contributed by atoms with Gasteiger partial charge in [0, 0.05) is 5.54 Å². The van der Waals surface area contributed by atoms with Crippen LogP contribution in [-0.4, -0.2) is 12.6 Å². The average molecular weight is 293 g/mol. The highest BCUT2D eigenvalue weighted by Gasteiger charge is 2.43. The molecule has 0 radical (unpaired) electrons. The summed E-state index contributed by atoms with van der Waals surface area (Å²) in [6, 6.07) is 5.33. The number of benzene rings is 1. The lowest BCUT2D eigenvalue weighted by Crippen LogP contribution is -2.55. The summed E-state index contributed by atoms with van der Waals surface area (Å²) >= 11 is 0. The van der Waals surface area contributed by atoms with Crippen molar-refractivity contribution < 1.29 is 9.13 Å². The van der Waals surface area contributed by atoms with Gasteiger partial charge in [-0.1, -0.05) is 45.7 Å². The van der Waals surface area contributed by atoms with E-state index in [9.17, 15) is 4.39 Å². The molecule has 0 aliphatic heterocycles. The van der Waals surface area contributed by atoms with Crippen LogP contribution in [-0.2, 0) is 6.42 Å². The zero-order valence-electron chi connectivity index (χ0n) is 13.7. The van der Waals surface area contributed by atoms with E-state index in [2.05, 4.69) is 20.8 Å². The van der Waals surface area contributed by atoms with Gasteiger partial charge in [0.05, 0.1) is 7.11 Å².